The highest BCUT2D eigenvalue weighted by Crippen LogP contribution is 2.27. The van der Waals surface area contributed by atoms with Crippen LogP contribution >= 0.6 is 0 Å². The van der Waals surface area contributed by atoms with Crippen LogP contribution in [0.5, 0.6) is 0 Å². The van der Waals surface area contributed by atoms with Gasteiger partial charge in [-0.15, -0.1) is 0 Å². The van der Waals surface area contributed by atoms with Crippen LogP contribution < -0.4 is 10.0 Å². The molecule has 148 valence electrons. The predicted molar refractivity (Wildman–Crippen MR) is 96.6 cm³/mol. The molecule has 2 fully saturated rings. The fourth-order valence-electron chi connectivity index (χ4n) is 3.55. The minimum Gasteiger partial charge on any atom is -0.618 e. The molecule has 3 rings (SSSR count). The lowest BCUT2D eigenvalue weighted by atomic mass is 9.88. The lowest BCUT2D eigenvalue weighted by Crippen LogP contribution is -2.37. The van der Waals surface area contributed by atoms with Crippen LogP contribution in [0.25, 0.3) is 0 Å². The first-order valence-corrected chi connectivity index (χ1v) is 9.65. The number of hydrogen-bond acceptors (Lipinski definition) is 5. The van der Waals surface area contributed by atoms with E-state index in [1.54, 1.807) is 23.1 Å². The molecular weight excluding hydrogens is 350 g/mol. The number of rotatable bonds is 5. The Bertz CT molecular complexity index is 640. The first kappa shape index (κ1) is 19.3. The van der Waals surface area contributed by atoms with Crippen molar-refractivity contribution in [2.75, 3.05) is 19.7 Å². The maximum atomic E-state index is 11.9. The molecule has 2 heterocycles. The molecule has 8 heteroatoms. The molecule has 1 saturated carbocycles. The number of amides is 2. The lowest BCUT2D eigenvalue weighted by Gasteiger charge is -2.28. The van der Waals surface area contributed by atoms with Gasteiger partial charge in [0.1, 0.15) is 12.6 Å². The summed E-state index contributed by atoms with van der Waals surface area (Å²) in [5, 5.41) is 14.1. The zero-order valence-corrected chi connectivity index (χ0v) is 15.5. The summed E-state index contributed by atoms with van der Waals surface area (Å²) in [5.41, 5.74) is 0.456. The molecule has 0 atom stereocenters. The molecule has 0 aromatic carbocycles. The number of alkyl carbamates (subject to hydrolysis) is 1. The summed E-state index contributed by atoms with van der Waals surface area (Å²) >= 11 is 0. The van der Waals surface area contributed by atoms with Gasteiger partial charge in [0.05, 0.1) is 6.61 Å². The predicted octanol–water partition coefficient (Wildman–Crippen LogP) is 2.34. The van der Waals surface area contributed by atoms with Gasteiger partial charge in [-0.1, -0.05) is 0 Å². The minimum atomic E-state index is -0.511. The van der Waals surface area contributed by atoms with E-state index >= 15 is 0 Å². The molecule has 1 saturated heterocycles. The van der Waals surface area contributed by atoms with Gasteiger partial charge in [-0.05, 0) is 50.5 Å². The highest BCUT2D eigenvalue weighted by molar-refractivity contribution is 5.68. The maximum Gasteiger partial charge on any atom is 0.409 e. The van der Waals surface area contributed by atoms with E-state index in [9.17, 15) is 14.8 Å². The molecule has 27 heavy (non-hydrogen) atoms. The van der Waals surface area contributed by atoms with Crippen LogP contribution in [0.2, 0.25) is 0 Å². The zero-order chi connectivity index (χ0) is 19.1. The number of pyridine rings is 1. The second-order valence-corrected chi connectivity index (χ2v) is 7.19. The van der Waals surface area contributed by atoms with E-state index in [0.29, 0.717) is 18.2 Å². The number of hydrogen-bond donors (Lipinski definition) is 1. The van der Waals surface area contributed by atoms with E-state index in [1.165, 1.54) is 6.20 Å². The van der Waals surface area contributed by atoms with Crippen molar-refractivity contribution in [3.8, 4) is 0 Å². The topological polar surface area (TPSA) is 94.8 Å². The molecule has 1 N–H and O–H groups in total. The van der Waals surface area contributed by atoms with E-state index in [0.717, 1.165) is 56.3 Å². The van der Waals surface area contributed by atoms with E-state index < -0.39 is 6.09 Å². The highest BCUT2D eigenvalue weighted by Gasteiger charge is 2.26. The van der Waals surface area contributed by atoms with Crippen molar-refractivity contribution >= 4 is 12.2 Å². The Labute approximate surface area is 159 Å². The third-order valence-electron chi connectivity index (χ3n) is 5.19. The molecule has 1 aliphatic heterocycles. The van der Waals surface area contributed by atoms with Crippen molar-refractivity contribution in [2.24, 2.45) is 5.92 Å². The van der Waals surface area contributed by atoms with E-state index in [1.807, 2.05) is 0 Å². The summed E-state index contributed by atoms with van der Waals surface area (Å²) in [4.78, 5) is 25.6. The normalized spacial score (nSPS) is 22.3. The summed E-state index contributed by atoms with van der Waals surface area (Å²) in [6.07, 6.45) is 5.89. The number of nitrogens with one attached hydrogen (secondary N) is 1. The fourth-order valence-corrected chi connectivity index (χ4v) is 3.55. The van der Waals surface area contributed by atoms with Crippen LogP contribution in [0.15, 0.2) is 24.4 Å². The smallest absolute Gasteiger partial charge is 0.409 e. The molecule has 8 nitrogen and oxygen atoms in total. The number of carbonyl (C=O) groups excluding carboxylic acids is 2. The van der Waals surface area contributed by atoms with Gasteiger partial charge >= 0.3 is 12.2 Å². The second kappa shape index (κ2) is 9.43. The highest BCUT2D eigenvalue weighted by atomic mass is 16.6. The first-order chi connectivity index (χ1) is 13.1. The van der Waals surface area contributed by atoms with Crippen LogP contribution in [0.4, 0.5) is 9.59 Å². The molecule has 0 bridgehead atoms. The van der Waals surface area contributed by atoms with Crippen LogP contribution in [0.1, 0.15) is 44.2 Å². The molecule has 1 aromatic rings. The molecule has 0 unspecified atom stereocenters. The van der Waals surface area contributed by atoms with Crippen molar-refractivity contribution < 1.29 is 23.8 Å². The Balaban J connectivity index is 1.31. The summed E-state index contributed by atoms with van der Waals surface area (Å²) in [6.45, 7) is 2.16. The molecule has 2 aliphatic rings. The van der Waals surface area contributed by atoms with Crippen molar-refractivity contribution in [1.82, 2.24) is 10.2 Å². The zero-order valence-electron chi connectivity index (χ0n) is 15.5. The summed E-state index contributed by atoms with van der Waals surface area (Å²) < 4.78 is 11.6. The number of likely N-dealkylation sites (tertiary alicyclic amines) is 1. The third-order valence-corrected chi connectivity index (χ3v) is 5.19. The average molecular weight is 377 g/mol. The number of carbonyl (C=O) groups is 2. The quantitative estimate of drug-likeness (QED) is 0.628. The Morgan fingerprint density at radius 3 is 2.63 bits per heavy atom. The van der Waals surface area contributed by atoms with Crippen molar-refractivity contribution in [1.29, 1.82) is 0 Å². The summed E-state index contributed by atoms with van der Waals surface area (Å²) in [6, 6.07) is 5.03. The van der Waals surface area contributed by atoms with Gasteiger partial charge in [-0.3, -0.25) is 0 Å². The summed E-state index contributed by atoms with van der Waals surface area (Å²) in [5.74, 6) is 0.322. The van der Waals surface area contributed by atoms with Crippen LogP contribution in [0, 0.1) is 11.1 Å². The largest absolute Gasteiger partial charge is 0.618 e. The minimum absolute atomic E-state index is 0.130. The molecular formula is C19H27N3O5. The Morgan fingerprint density at radius 1 is 1.19 bits per heavy atom. The summed E-state index contributed by atoms with van der Waals surface area (Å²) in [7, 11) is 0. The van der Waals surface area contributed by atoms with Crippen LogP contribution in [-0.4, -0.2) is 42.9 Å². The number of nitrogens with zero attached hydrogens (tertiary/aromatic N) is 2. The van der Waals surface area contributed by atoms with Crippen molar-refractivity contribution in [3.63, 3.8) is 0 Å². The Morgan fingerprint density at radius 2 is 1.93 bits per heavy atom. The van der Waals surface area contributed by atoms with Gasteiger partial charge in [-0.25, -0.2) is 9.59 Å². The van der Waals surface area contributed by atoms with Crippen molar-refractivity contribution in [3.05, 3.63) is 35.3 Å². The standard InChI is InChI=1S/C19H27N3O5/c23-18(20-13-16-5-1-2-12-22(16)25)27-17-8-6-15(7-9-17)14-26-19(24)21-10-3-4-11-21/h1-2,5,12,15,17H,3-4,6-11,13-14H2,(H,20,23). The van der Waals surface area contributed by atoms with Crippen molar-refractivity contribution in [2.45, 2.75) is 51.2 Å². The van der Waals surface area contributed by atoms with Gasteiger partial charge in [0.25, 0.3) is 0 Å². The Hall–Kier alpha value is -2.51. The van der Waals surface area contributed by atoms with Gasteiger partial charge < -0.3 is 24.9 Å². The monoisotopic (exact) mass is 377 g/mol. The molecule has 2 amide bonds. The van der Waals surface area contributed by atoms with Gasteiger partial charge in [0, 0.05) is 25.2 Å². The van der Waals surface area contributed by atoms with E-state index in [-0.39, 0.29) is 18.7 Å². The lowest BCUT2D eigenvalue weighted by molar-refractivity contribution is -0.614. The molecule has 1 aromatic heterocycles. The Kier molecular flexibility index (Phi) is 6.73. The number of aromatic nitrogens is 1. The molecule has 0 radical (unpaired) electrons. The number of ether oxygens (including phenoxy) is 2. The SMILES string of the molecule is O=C(NCc1cccc[n+]1[O-])OC1CCC(COC(=O)N2CCCC2)CC1. The van der Waals surface area contributed by atoms with Crippen LogP contribution in [-0.2, 0) is 16.0 Å². The van der Waals surface area contributed by atoms with E-state index in [2.05, 4.69) is 5.32 Å². The molecule has 1 aliphatic carbocycles. The van der Waals surface area contributed by atoms with Gasteiger partial charge in [0.2, 0.25) is 5.69 Å². The molecule has 0 spiro atoms. The third kappa shape index (κ3) is 5.74. The fraction of sp³-hybridized carbons (Fsp3) is 0.632. The van der Waals surface area contributed by atoms with Crippen LogP contribution in [0.3, 0.4) is 0 Å². The average Bonchev–Trinajstić information content (AvgIpc) is 3.21. The van der Waals surface area contributed by atoms with E-state index in [4.69, 9.17) is 9.47 Å². The maximum absolute atomic E-state index is 11.9. The van der Waals surface area contributed by atoms with Gasteiger partial charge in [0.15, 0.2) is 6.20 Å². The second-order valence-electron chi connectivity index (χ2n) is 7.19. The first-order valence-electron chi connectivity index (χ1n) is 9.65. The van der Waals surface area contributed by atoms with Gasteiger partial charge in [-0.2, -0.15) is 4.73 Å².